The van der Waals surface area contributed by atoms with Crippen molar-refractivity contribution < 1.29 is 0 Å². The lowest BCUT2D eigenvalue weighted by Gasteiger charge is -2.48. The van der Waals surface area contributed by atoms with Gasteiger partial charge >= 0.3 is 0 Å². The Morgan fingerprint density at radius 1 is 0.571 bits per heavy atom. The molecule has 10 unspecified atom stereocenters. The first-order chi connectivity index (χ1) is 27.3. The highest BCUT2D eigenvalue weighted by Gasteiger charge is 2.67. The molecule has 0 amide bonds. The van der Waals surface area contributed by atoms with Crippen molar-refractivity contribution >= 4 is 48.9 Å². The van der Waals surface area contributed by atoms with Crippen LogP contribution in [0.5, 0.6) is 0 Å². The van der Waals surface area contributed by atoms with E-state index in [1.165, 1.54) is 146 Å². The van der Waals surface area contributed by atoms with E-state index in [0.29, 0.717) is 34.5 Å². The lowest BCUT2D eigenvalue weighted by Crippen LogP contribution is -2.41. The summed E-state index contributed by atoms with van der Waals surface area (Å²) in [5.41, 5.74) is 18.1. The molecular weight excluding hydrogens is 679 g/mol. The number of nitrogens with zero attached hydrogens (tertiary/aromatic N) is 3. The fraction of sp³-hybridized carbons (Fsp3) is 0.434. The summed E-state index contributed by atoms with van der Waals surface area (Å²) in [6.07, 6.45) is 13.1. The molecule has 3 nitrogen and oxygen atoms in total. The van der Waals surface area contributed by atoms with Crippen molar-refractivity contribution in [1.82, 2.24) is 4.40 Å². The third-order valence-electron chi connectivity index (χ3n) is 19.8. The zero-order valence-electron chi connectivity index (χ0n) is 32.2. The monoisotopic (exact) mass is 721 g/mol. The van der Waals surface area contributed by atoms with Crippen LogP contribution in [0.2, 0.25) is 0 Å². The molecule has 5 aromatic carbocycles. The summed E-state index contributed by atoms with van der Waals surface area (Å²) in [4.78, 5) is 0. The smallest absolute Gasteiger partial charge is 0.0995 e. The van der Waals surface area contributed by atoms with Gasteiger partial charge in [-0.15, -0.1) is 0 Å². The molecule has 16 rings (SSSR count). The maximum atomic E-state index is 11.2. The van der Waals surface area contributed by atoms with Gasteiger partial charge in [0.2, 0.25) is 0 Å². The van der Waals surface area contributed by atoms with Gasteiger partial charge in [-0.3, -0.25) is 0 Å². The Labute approximate surface area is 326 Å². The molecule has 2 spiro atoms. The molecule has 2 aromatic heterocycles. The summed E-state index contributed by atoms with van der Waals surface area (Å²) in [6.45, 7) is 4.99. The number of rotatable bonds is 0. The summed E-state index contributed by atoms with van der Waals surface area (Å²) in [5, 5.41) is 30.8. The van der Waals surface area contributed by atoms with E-state index in [1.807, 2.05) is 0 Å². The highest BCUT2D eigenvalue weighted by atomic mass is 14.9. The van der Waals surface area contributed by atoms with Gasteiger partial charge in [0.15, 0.2) is 0 Å². The predicted octanol–water partition coefficient (Wildman–Crippen LogP) is 12.8. The third kappa shape index (κ3) is 2.76. The van der Waals surface area contributed by atoms with Gasteiger partial charge in [-0.05, 0) is 196 Å². The number of benzene rings is 5. The molecule has 0 radical (unpaired) electrons. The zero-order chi connectivity index (χ0) is 36.5. The minimum atomic E-state index is -0.231. The Bertz CT molecular complexity index is 3230. The molecule has 6 saturated carbocycles. The zero-order valence-corrected chi connectivity index (χ0v) is 32.2. The second kappa shape index (κ2) is 8.67. The van der Waals surface area contributed by atoms with E-state index in [4.69, 9.17) is 0 Å². The number of fused-ring (bicyclic) bond motifs is 21. The first-order valence-electron chi connectivity index (χ1n) is 22.1. The maximum absolute atomic E-state index is 11.2. The summed E-state index contributed by atoms with van der Waals surface area (Å²) in [7, 11) is 0. The Hall–Kier alpha value is -4.86. The van der Waals surface area contributed by atoms with Gasteiger partial charge in [-0.2, -0.15) is 10.5 Å². The molecule has 56 heavy (non-hydrogen) atoms. The highest BCUT2D eigenvalue weighted by Crippen LogP contribution is 2.78. The second-order valence-corrected chi connectivity index (χ2v) is 21.5. The normalized spacial score (nSPS) is 36.3. The van der Waals surface area contributed by atoms with Gasteiger partial charge in [-0.1, -0.05) is 50.2 Å². The summed E-state index contributed by atoms with van der Waals surface area (Å²) in [5.74, 6) is 5.48. The fourth-order valence-corrected chi connectivity index (χ4v) is 18.2. The average Bonchev–Trinajstić information content (AvgIpc) is 3.98. The molecule has 9 aliphatic rings. The Kier molecular flexibility index (Phi) is 4.55. The molecule has 7 aromatic rings. The quantitative estimate of drug-likeness (QED) is 0.157. The van der Waals surface area contributed by atoms with Gasteiger partial charge < -0.3 is 4.40 Å². The van der Waals surface area contributed by atoms with Gasteiger partial charge in [0.05, 0.1) is 39.8 Å². The largest absolute Gasteiger partial charge is 0.308 e. The Balaban J connectivity index is 1.16. The topological polar surface area (TPSA) is 52.0 Å². The molecule has 10 atom stereocenters. The lowest BCUT2D eigenvalue weighted by molar-refractivity contribution is 0.00321. The van der Waals surface area contributed by atoms with Crippen molar-refractivity contribution in [3.63, 3.8) is 0 Å². The van der Waals surface area contributed by atoms with Crippen molar-refractivity contribution in [3.8, 4) is 23.3 Å². The molecule has 3 heteroatoms. The molecule has 6 fully saturated rings. The van der Waals surface area contributed by atoms with Gasteiger partial charge in [0.1, 0.15) is 0 Å². The minimum Gasteiger partial charge on any atom is -0.308 e. The maximum Gasteiger partial charge on any atom is 0.0995 e. The number of aromatic nitrogens is 1. The number of nitriles is 2. The molecule has 2 heterocycles. The first-order valence-corrected chi connectivity index (χ1v) is 22.1. The summed E-state index contributed by atoms with van der Waals surface area (Å²) in [6, 6.07) is 27.0. The van der Waals surface area contributed by atoms with E-state index >= 15 is 0 Å². The predicted molar refractivity (Wildman–Crippen MR) is 222 cm³/mol. The van der Waals surface area contributed by atoms with Crippen LogP contribution < -0.4 is 0 Å². The Morgan fingerprint density at radius 3 is 1.70 bits per heavy atom. The van der Waals surface area contributed by atoms with Gasteiger partial charge in [-0.25, -0.2) is 0 Å². The molecule has 0 saturated heterocycles. The van der Waals surface area contributed by atoms with Crippen LogP contribution in [-0.2, 0) is 5.41 Å². The molecule has 0 N–H and O–H groups in total. The second-order valence-electron chi connectivity index (χ2n) is 21.5. The van der Waals surface area contributed by atoms with Crippen molar-refractivity contribution in [3.05, 3.63) is 99.1 Å². The van der Waals surface area contributed by atoms with Crippen LogP contribution in [0.25, 0.3) is 60.0 Å². The lowest BCUT2D eigenvalue weighted by atomic mass is 9.56. The van der Waals surface area contributed by atoms with Crippen molar-refractivity contribution in [2.75, 3.05) is 0 Å². The van der Waals surface area contributed by atoms with Crippen LogP contribution in [0.4, 0.5) is 0 Å². The van der Waals surface area contributed by atoms with Crippen LogP contribution >= 0.6 is 0 Å². The third-order valence-corrected chi connectivity index (χ3v) is 19.8. The highest BCUT2D eigenvalue weighted by molar-refractivity contribution is 6.29. The van der Waals surface area contributed by atoms with E-state index in [0.717, 1.165) is 34.8 Å². The summed E-state index contributed by atoms with van der Waals surface area (Å²) >= 11 is 0. The number of hydrogen-bond donors (Lipinski definition) is 0. The minimum absolute atomic E-state index is 0.231. The average molecular weight is 722 g/mol. The van der Waals surface area contributed by atoms with Crippen LogP contribution in [0.3, 0.4) is 0 Å². The van der Waals surface area contributed by atoms with E-state index in [2.05, 4.69) is 85.0 Å². The van der Waals surface area contributed by atoms with Gasteiger partial charge in [0.25, 0.3) is 0 Å². The fourth-order valence-electron chi connectivity index (χ4n) is 18.2. The molecule has 9 aliphatic carbocycles. The van der Waals surface area contributed by atoms with E-state index < -0.39 is 0 Å². The van der Waals surface area contributed by atoms with Crippen molar-refractivity contribution in [2.45, 2.75) is 107 Å². The van der Waals surface area contributed by atoms with E-state index in [1.54, 1.807) is 11.1 Å². The molecule has 6 bridgehead atoms. The van der Waals surface area contributed by atoms with E-state index in [-0.39, 0.29) is 5.41 Å². The summed E-state index contributed by atoms with van der Waals surface area (Å²) < 4.78 is 2.62. The molecule has 0 aliphatic heterocycles. The van der Waals surface area contributed by atoms with Crippen LogP contribution in [0.15, 0.2) is 54.6 Å². The molecular formula is C53H43N3. The standard InChI is InChI=1S/C53H43N3/c1-51(2)38-8-4-6-24-5-3-7-35(43(24)38)36-17-37-46-39(13-29(22-54)41-25-9-31-15-33-11-27(44(41)46)20-52(31,33)18-25)56-40-14-30(23-55)42-26-10-32-16-34-12-28(21-53(32,34)19-26)45(42)47(40)48(49(36)51)50(37)56/h3-8,13-14,17,25-28,31-34H,9-12,15-16,18-21H2,1-2H3. The van der Waals surface area contributed by atoms with E-state index in [9.17, 15) is 10.5 Å². The van der Waals surface area contributed by atoms with Crippen molar-refractivity contribution in [2.24, 2.45) is 34.5 Å². The first kappa shape index (κ1) is 29.4. The molecule has 270 valence electrons. The Morgan fingerprint density at radius 2 is 1.11 bits per heavy atom. The SMILES string of the molecule is CC1(C)c2cccc3cccc(c23)-c2cc3c4c5c(c(C#N)cc4n4c6cc(C#N)c7c(c6c(c21)c34)C1CC2CC3CC7CC32C1)C1CC2CC3CC5CC23C1. The van der Waals surface area contributed by atoms with Crippen molar-refractivity contribution in [1.29, 1.82) is 10.5 Å². The van der Waals surface area contributed by atoms with Gasteiger partial charge in [0, 0.05) is 27.0 Å². The number of hydrogen-bond acceptors (Lipinski definition) is 2. The van der Waals surface area contributed by atoms with Crippen LogP contribution in [-0.4, -0.2) is 4.40 Å². The van der Waals surface area contributed by atoms with Crippen LogP contribution in [0, 0.1) is 57.2 Å². The van der Waals surface area contributed by atoms with Crippen LogP contribution in [0.1, 0.15) is 146 Å².